The number of hydrogen-bond acceptors (Lipinski definition) is 2. The van der Waals surface area contributed by atoms with Gasteiger partial charge < -0.3 is 11.5 Å². The highest BCUT2D eigenvalue weighted by atomic mass is 14.7. The van der Waals surface area contributed by atoms with Gasteiger partial charge in [0, 0.05) is 12.1 Å². The van der Waals surface area contributed by atoms with Gasteiger partial charge in [-0.25, -0.2) is 0 Å². The minimum Gasteiger partial charge on any atom is -0.328 e. The average molecular weight is 266 g/mol. The molecule has 112 valence electrons. The SMILES string of the molecule is CC1CC(N)CC(C(C)(C)C2CC(C)CC(N)C2)C1. The van der Waals surface area contributed by atoms with Crippen molar-refractivity contribution in [3.8, 4) is 0 Å². The molecule has 2 aliphatic carbocycles. The summed E-state index contributed by atoms with van der Waals surface area (Å²) in [5.74, 6) is 3.16. The minimum atomic E-state index is 0.401. The van der Waals surface area contributed by atoms with E-state index < -0.39 is 0 Å². The lowest BCUT2D eigenvalue weighted by atomic mass is 9.57. The second-order valence-corrected chi connectivity index (χ2v) is 8.36. The van der Waals surface area contributed by atoms with Crippen molar-refractivity contribution < 1.29 is 0 Å². The van der Waals surface area contributed by atoms with Crippen molar-refractivity contribution in [1.29, 1.82) is 0 Å². The van der Waals surface area contributed by atoms with Gasteiger partial charge in [-0.05, 0) is 67.6 Å². The van der Waals surface area contributed by atoms with Crippen molar-refractivity contribution in [3.05, 3.63) is 0 Å². The van der Waals surface area contributed by atoms with E-state index in [0.29, 0.717) is 17.5 Å². The lowest BCUT2D eigenvalue weighted by Gasteiger charge is -2.49. The van der Waals surface area contributed by atoms with Gasteiger partial charge >= 0.3 is 0 Å². The van der Waals surface area contributed by atoms with E-state index in [2.05, 4.69) is 27.7 Å². The molecule has 0 aromatic rings. The van der Waals surface area contributed by atoms with Crippen LogP contribution in [0.1, 0.15) is 66.2 Å². The van der Waals surface area contributed by atoms with Crippen molar-refractivity contribution >= 4 is 0 Å². The molecule has 0 aromatic carbocycles. The molecule has 0 spiro atoms. The molecular weight excluding hydrogens is 232 g/mol. The van der Waals surface area contributed by atoms with Gasteiger partial charge in [-0.1, -0.05) is 27.7 Å². The van der Waals surface area contributed by atoms with Gasteiger partial charge in [0.25, 0.3) is 0 Å². The molecule has 2 rings (SSSR count). The van der Waals surface area contributed by atoms with Crippen LogP contribution in [-0.2, 0) is 0 Å². The van der Waals surface area contributed by atoms with Crippen LogP contribution in [0.3, 0.4) is 0 Å². The Hall–Kier alpha value is -0.0800. The normalized spacial score (nSPS) is 45.2. The molecule has 0 amide bonds. The third-order valence-electron chi connectivity index (χ3n) is 6.06. The van der Waals surface area contributed by atoms with Crippen molar-refractivity contribution in [1.82, 2.24) is 0 Å². The van der Waals surface area contributed by atoms with E-state index in [1.165, 1.54) is 38.5 Å². The molecule has 6 atom stereocenters. The molecule has 0 aliphatic heterocycles. The van der Waals surface area contributed by atoms with Gasteiger partial charge in [0.15, 0.2) is 0 Å². The van der Waals surface area contributed by atoms with E-state index >= 15 is 0 Å². The average Bonchev–Trinajstić information content (AvgIpc) is 2.26. The molecule has 0 bridgehead atoms. The van der Waals surface area contributed by atoms with Gasteiger partial charge in [0.1, 0.15) is 0 Å². The highest BCUT2D eigenvalue weighted by Gasteiger charge is 2.42. The van der Waals surface area contributed by atoms with E-state index in [-0.39, 0.29) is 0 Å². The Bertz CT molecular complexity index is 252. The summed E-state index contributed by atoms with van der Waals surface area (Å²) in [5, 5.41) is 0. The zero-order chi connectivity index (χ0) is 14.2. The predicted octanol–water partition coefficient (Wildman–Crippen LogP) is 3.54. The van der Waals surface area contributed by atoms with E-state index in [1.54, 1.807) is 0 Å². The molecule has 4 N–H and O–H groups in total. The van der Waals surface area contributed by atoms with Crippen molar-refractivity contribution in [2.45, 2.75) is 78.3 Å². The smallest absolute Gasteiger partial charge is 0.00442 e. The van der Waals surface area contributed by atoms with Gasteiger partial charge in [-0.2, -0.15) is 0 Å². The quantitative estimate of drug-likeness (QED) is 0.803. The largest absolute Gasteiger partial charge is 0.328 e. The first kappa shape index (κ1) is 15.3. The van der Waals surface area contributed by atoms with E-state index in [4.69, 9.17) is 11.5 Å². The second kappa shape index (κ2) is 5.73. The third kappa shape index (κ3) is 3.52. The van der Waals surface area contributed by atoms with Gasteiger partial charge in [-0.3, -0.25) is 0 Å². The van der Waals surface area contributed by atoms with Gasteiger partial charge in [0.2, 0.25) is 0 Å². The third-order valence-corrected chi connectivity index (χ3v) is 6.06. The first-order valence-corrected chi connectivity index (χ1v) is 8.30. The summed E-state index contributed by atoms with van der Waals surface area (Å²) in [6, 6.07) is 0.838. The summed E-state index contributed by atoms with van der Waals surface area (Å²) in [7, 11) is 0. The fraction of sp³-hybridized carbons (Fsp3) is 1.00. The zero-order valence-electron chi connectivity index (χ0n) is 13.4. The Morgan fingerprint density at radius 3 is 1.37 bits per heavy atom. The van der Waals surface area contributed by atoms with Crippen LogP contribution in [-0.4, -0.2) is 12.1 Å². The molecule has 2 heteroatoms. The standard InChI is InChI=1S/C17H34N2/c1-11-5-13(9-15(18)7-11)17(3,4)14-6-12(2)8-16(19)10-14/h11-16H,5-10,18-19H2,1-4H3. The first-order valence-electron chi connectivity index (χ1n) is 8.30. The summed E-state index contributed by atoms with van der Waals surface area (Å²) in [6.07, 6.45) is 7.59. The molecular formula is C17H34N2. The lowest BCUT2D eigenvalue weighted by Crippen LogP contribution is -2.45. The van der Waals surface area contributed by atoms with Crippen LogP contribution in [0.4, 0.5) is 0 Å². The summed E-state index contributed by atoms with van der Waals surface area (Å²) in [6.45, 7) is 9.71. The molecule has 19 heavy (non-hydrogen) atoms. The molecule has 2 nitrogen and oxygen atoms in total. The van der Waals surface area contributed by atoms with Crippen LogP contribution >= 0.6 is 0 Å². The Balaban J connectivity index is 2.07. The van der Waals surface area contributed by atoms with Crippen molar-refractivity contribution in [3.63, 3.8) is 0 Å². The van der Waals surface area contributed by atoms with Crippen LogP contribution in [0.25, 0.3) is 0 Å². The molecule has 0 heterocycles. The molecule has 0 aromatic heterocycles. The fourth-order valence-electron chi connectivity index (χ4n) is 4.86. The second-order valence-electron chi connectivity index (χ2n) is 8.36. The summed E-state index contributed by atoms with van der Waals surface area (Å²) in [5.41, 5.74) is 12.9. The Morgan fingerprint density at radius 2 is 1.05 bits per heavy atom. The molecule has 0 saturated heterocycles. The van der Waals surface area contributed by atoms with Crippen LogP contribution < -0.4 is 11.5 Å². The summed E-state index contributed by atoms with van der Waals surface area (Å²) < 4.78 is 0. The van der Waals surface area contributed by atoms with Crippen molar-refractivity contribution in [2.24, 2.45) is 40.6 Å². The summed E-state index contributed by atoms with van der Waals surface area (Å²) in [4.78, 5) is 0. The molecule has 2 aliphatic rings. The maximum Gasteiger partial charge on any atom is 0.00442 e. The van der Waals surface area contributed by atoms with Crippen LogP contribution in [0.5, 0.6) is 0 Å². The maximum absolute atomic E-state index is 6.27. The van der Waals surface area contributed by atoms with Gasteiger partial charge in [-0.15, -0.1) is 0 Å². The molecule has 0 radical (unpaired) electrons. The van der Waals surface area contributed by atoms with Crippen LogP contribution in [0, 0.1) is 29.1 Å². The number of hydrogen-bond donors (Lipinski definition) is 2. The highest BCUT2D eigenvalue weighted by molar-refractivity contribution is 4.94. The topological polar surface area (TPSA) is 52.0 Å². The maximum atomic E-state index is 6.27. The molecule has 6 unspecified atom stereocenters. The van der Waals surface area contributed by atoms with E-state index in [0.717, 1.165) is 23.7 Å². The molecule has 2 fully saturated rings. The first-order chi connectivity index (χ1) is 8.79. The Morgan fingerprint density at radius 1 is 0.684 bits per heavy atom. The van der Waals surface area contributed by atoms with Crippen LogP contribution in [0.15, 0.2) is 0 Å². The lowest BCUT2D eigenvalue weighted by molar-refractivity contribution is 0.0247. The monoisotopic (exact) mass is 266 g/mol. The van der Waals surface area contributed by atoms with E-state index in [1.807, 2.05) is 0 Å². The number of nitrogens with two attached hydrogens (primary N) is 2. The highest BCUT2D eigenvalue weighted by Crippen LogP contribution is 2.49. The predicted molar refractivity (Wildman–Crippen MR) is 82.7 cm³/mol. The van der Waals surface area contributed by atoms with Crippen molar-refractivity contribution in [2.75, 3.05) is 0 Å². The van der Waals surface area contributed by atoms with E-state index in [9.17, 15) is 0 Å². The van der Waals surface area contributed by atoms with Crippen LogP contribution in [0.2, 0.25) is 0 Å². The minimum absolute atomic E-state index is 0.401. The Labute approximate surface area is 119 Å². The fourth-order valence-corrected chi connectivity index (χ4v) is 4.86. The number of rotatable bonds is 2. The molecule has 2 saturated carbocycles. The Kier molecular flexibility index (Phi) is 4.62. The zero-order valence-corrected chi connectivity index (χ0v) is 13.4. The summed E-state index contributed by atoms with van der Waals surface area (Å²) >= 11 is 0. The van der Waals surface area contributed by atoms with Gasteiger partial charge in [0.05, 0.1) is 0 Å².